The van der Waals surface area contributed by atoms with Gasteiger partial charge in [-0.05, 0) is 149 Å². The van der Waals surface area contributed by atoms with Crippen molar-refractivity contribution in [3.05, 3.63) is 181 Å². The molecule has 12 nitrogen and oxygen atoms in total. The van der Waals surface area contributed by atoms with Gasteiger partial charge in [0.1, 0.15) is 0 Å². The molecule has 2 saturated heterocycles. The van der Waals surface area contributed by atoms with Crippen molar-refractivity contribution in [1.82, 2.24) is 34.6 Å². The highest BCUT2D eigenvalue weighted by molar-refractivity contribution is 5.96. The van der Waals surface area contributed by atoms with Crippen molar-refractivity contribution in [2.24, 2.45) is 0 Å². The van der Waals surface area contributed by atoms with Crippen LogP contribution in [0.25, 0.3) is 56.5 Å². The summed E-state index contributed by atoms with van der Waals surface area (Å²) >= 11 is 0. The number of nitrogens with zero attached hydrogens (tertiary/aromatic N) is 7. The van der Waals surface area contributed by atoms with Crippen LogP contribution >= 0.6 is 0 Å². The molecule has 0 saturated carbocycles. The van der Waals surface area contributed by atoms with E-state index < -0.39 is 5.97 Å². The number of carboxylic acids is 1. The third kappa shape index (κ3) is 16.5. The average molecular weight is 1040 g/mol. The molecule has 2 aliphatic heterocycles. The lowest BCUT2D eigenvalue weighted by atomic mass is 10.1. The van der Waals surface area contributed by atoms with Gasteiger partial charge in [-0.3, -0.25) is 24.6 Å². The lowest BCUT2D eigenvalue weighted by molar-refractivity contribution is -0.131. The van der Waals surface area contributed by atoms with E-state index in [2.05, 4.69) is 98.8 Å². The minimum atomic E-state index is -0.964. The second-order valence-electron chi connectivity index (χ2n) is 19.6. The molecule has 10 rings (SSSR count). The molecule has 0 aliphatic carbocycles. The Morgan fingerprint density at radius 2 is 0.974 bits per heavy atom. The number of pyridine rings is 4. The Hall–Kier alpha value is -8.06. The standard InChI is InChI=1S/C32H35N5O.C28H26N4O2.C5H12.CH4/c1-3-37(4-2)32(38)16-11-24-7-12-26(13-8-24)30-21-31(28-22-33-18-17-29(28)35-30)34-27-14-9-25(10-15-27)23-36-19-5-6-20-36;33-28(34)12-7-20-3-8-22(9-4-20)26-17-27(24-18-29-14-13-25(24)31-26)30-23-10-5-21(6-11-23)19-32-15-1-2-16-32;1-3-5-4-2;/h7-18,21-22H,3-6,19-20,23H2,1-2H3,(H,34,35);3-14,17-18H,1-2,15-16,19H2,(H,30,31)(H,33,34);3-5H2,1-2H3;1H4/b16-11+;12-7+;;. The van der Waals surface area contributed by atoms with Crippen molar-refractivity contribution in [2.45, 2.75) is 93.2 Å². The zero-order chi connectivity index (χ0) is 53.8. The van der Waals surface area contributed by atoms with E-state index in [0.717, 1.165) is 97.4 Å². The van der Waals surface area contributed by atoms with Gasteiger partial charge in [0.25, 0.3) is 0 Å². The van der Waals surface area contributed by atoms with E-state index in [0.29, 0.717) is 13.1 Å². The van der Waals surface area contributed by atoms with Crippen LogP contribution in [0.15, 0.2) is 158 Å². The summed E-state index contributed by atoms with van der Waals surface area (Å²) in [7, 11) is 0. The SMILES string of the molecule is C.CCCCC.CCN(CC)C(=O)/C=C/c1ccc(-c2cc(Nc3ccc(CN4CCCC4)cc3)c3cnccc3n2)cc1.O=C(O)/C=C/c1ccc(-c2cc(Nc3ccc(CN4CCCC4)cc3)c3cnccc3n2)cc1. The fraction of sp³-hybridized carbons (Fsp3) is 0.303. The molecule has 0 radical (unpaired) electrons. The van der Waals surface area contributed by atoms with Crippen LogP contribution in [0.2, 0.25) is 0 Å². The van der Waals surface area contributed by atoms with E-state index in [1.807, 2.05) is 99.0 Å². The quantitative estimate of drug-likeness (QED) is 0.0708. The van der Waals surface area contributed by atoms with Crippen LogP contribution in [0.3, 0.4) is 0 Å². The molecule has 0 atom stereocenters. The molecule has 78 heavy (non-hydrogen) atoms. The summed E-state index contributed by atoms with van der Waals surface area (Å²) in [5, 5.41) is 17.9. The number of anilines is 4. The molecule has 12 heteroatoms. The summed E-state index contributed by atoms with van der Waals surface area (Å²) in [6, 6.07) is 41.1. The van der Waals surface area contributed by atoms with Crippen LogP contribution in [0.1, 0.15) is 102 Å². The highest BCUT2D eigenvalue weighted by Gasteiger charge is 2.15. The van der Waals surface area contributed by atoms with Gasteiger partial charge < -0.3 is 20.6 Å². The summed E-state index contributed by atoms with van der Waals surface area (Å²) in [5.41, 5.74) is 13.9. The molecule has 0 spiro atoms. The van der Waals surface area contributed by atoms with Gasteiger partial charge in [0.15, 0.2) is 0 Å². The van der Waals surface area contributed by atoms with Crippen LogP contribution in [0.5, 0.6) is 0 Å². The topological polar surface area (TPSA) is 140 Å². The van der Waals surface area contributed by atoms with Gasteiger partial charge in [0, 0.05) is 96.4 Å². The molecule has 4 aromatic heterocycles. The number of rotatable bonds is 18. The monoisotopic (exact) mass is 1040 g/mol. The van der Waals surface area contributed by atoms with E-state index in [1.54, 1.807) is 29.4 Å². The zero-order valence-electron chi connectivity index (χ0n) is 45.2. The molecule has 0 unspecified atom stereocenters. The van der Waals surface area contributed by atoms with Crippen LogP contribution in [-0.4, -0.2) is 90.9 Å². The molecule has 6 heterocycles. The molecule has 2 aliphatic rings. The molecule has 404 valence electrons. The van der Waals surface area contributed by atoms with Crippen LogP contribution in [0.4, 0.5) is 22.7 Å². The summed E-state index contributed by atoms with van der Waals surface area (Å²) in [6.07, 6.45) is 22.7. The first kappa shape index (κ1) is 57.6. The lowest BCUT2D eigenvalue weighted by Gasteiger charge is -2.16. The summed E-state index contributed by atoms with van der Waals surface area (Å²) in [5.74, 6) is -0.933. The Balaban J connectivity index is 0.000000207. The maximum Gasteiger partial charge on any atom is 0.328 e. The number of unbranched alkanes of at least 4 members (excludes halogenated alkanes) is 2. The predicted octanol–water partition coefficient (Wildman–Crippen LogP) is 15.1. The van der Waals surface area contributed by atoms with Crippen molar-refractivity contribution >= 4 is 68.6 Å². The molecular weight excluding hydrogens is 967 g/mol. The highest BCUT2D eigenvalue weighted by atomic mass is 16.4. The maximum absolute atomic E-state index is 12.3. The second kappa shape index (κ2) is 29.5. The van der Waals surface area contributed by atoms with Gasteiger partial charge in [-0.25, -0.2) is 14.8 Å². The third-order valence-corrected chi connectivity index (χ3v) is 13.9. The van der Waals surface area contributed by atoms with Gasteiger partial charge in [0.05, 0.1) is 33.8 Å². The molecule has 8 aromatic rings. The fourth-order valence-electron chi connectivity index (χ4n) is 9.59. The Labute approximate surface area is 462 Å². The molecule has 0 bridgehead atoms. The van der Waals surface area contributed by atoms with Crippen LogP contribution < -0.4 is 10.6 Å². The van der Waals surface area contributed by atoms with E-state index in [4.69, 9.17) is 15.1 Å². The van der Waals surface area contributed by atoms with Gasteiger partial charge in [-0.1, -0.05) is 113 Å². The Morgan fingerprint density at radius 1 is 0.564 bits per heavy atom. The summed E-state index contributed by atoms with van der Waals surface area (Å²) < 4.78 is 0. The van der Waals surface area contributed by atoms with Crippen LogP contribution in [-0.2, 0) is 22.7 Å². The number of hydrogen-bond donors (Lipinski definition) is 3. The summed E-state index contributed by atoms with van der Waals surface area (Å²) in [6.45, 7) is 16.6. The minimum Gasteiger partial charge on any atom is -0.478 e. The molecule has 3 N–H and O–H groups in total. The zero-order valence-corrected chi connectivity index (χ0v) is 45.2. The minimum absolute atomic E-state index is 0. The lowest BCUT2D eigenvalue weighted by Crippen LogP contribution is -2.28. The maximum atomic E-state index is 12.3. The number of carbonyl (C=O) groups is 2. The number of likely N-dealkylation sites (N-methyl/N-ethyl adjacent to an activating group) is 1. The number of carboxylic acid groups (broad SMARTS) is 1. The first-order valence-electron chi connectivity index (χ1n) is 27.4. The van der Waals surface area contributed by atoms with Gasteiger partial charge in [0.2, 0.25) is 5.91 Å². The number of carbonyl (C=O) groups excluding carboxylic acids is 1. The van der Waals surface area contributed by atoms with Crippen molar-refractivity contribution < 1.29 is 14.7 Å². The largest absolute Gasteiger partial charge is 0.478 e. The Morgan fingerprint density at radius 3 is 1.35 bits per heavy atom. The molecule has 1 amide bonds. The smallest absolute Gasteiger partial charge is 0.328 e. The summed E-state index contributed by atoms with van der Waals surface area (Å²) in [4.78, 5) is 48.2. The molecule has 4 aromatic carbocycles. The van der Waals surface area contributed by atoms with E-state index in [9.17, 15) is 9.59 Å². The van der Waals surface area contributed by atoms with Crippen molar-refractivity contribution in [1.29, 1.82) is 0 Å². The Bertz CT molecular complexity index is 3210. The van der Waals surface area contributed by atoms with Gasteiger partial charge in [-0.2, -0.15) is 0 Å². The van der Waals surface area contributed by atoms with Crippen molar-refractivity contribution in [2.75, 3.05) is 49.9 Å². The second-order valence-corrected chi connectivity index (χ2v) is 19.6. The number of fused-ring (bicyclic) bond motifs is 2. The number of aliphatic carboxylic acids is 1. The number of hydrogen-bond acceptors (Lipinski definition) is 10. The molecular formula is C66H77N9O3. The van der Waals surface area contributed by atoms with Crippen molar-refractivity contribution in [3.8, 4) is 22.5 Å². The molecule has 2 fully saturated rings. The van der Waals surface area contributed by atoms with Crippen LogP contribution in [0, 0.1) is 0 Å². The first-order chi connectivity index (χ1) is 37.7. The number of benzene rings is 4. The number of nitrogens with one attached hydrogen (secondary N) is 2. The van der Waals surface area contributed by atoms with E-state index in [-0.39, 0.29) is 13.3 Å². The average Bonchev–Trinajstić information content (AvgIpc) is 4.20. The van der Waals surface area contributed by atoms with E-state index in [1.165, 1.54) is 82.3 Å². The van der Waals surface area contributed by atoms with Gasteiger partial charge >= 0.3 is 5.97 Å². The highest BCUT2D eigenvalue weighted by Crippen LogP contribution is 2.33. The van der Waals surface area contributed by atoms with Gasteiger partial charge in [-0.15, -0.1) is 0 Å². The third-order valence-electron chi connectivity index (χ3n) is 13.9. The number of likely N-dealkylation sites (tertiary alicyclic amines) is 2. The first-order valence-corrected chi connectivity index (χ1v) is 27.4. The fourth-order valence-corrected chi connectivity index (χ4v) is 9.59. The predicted molar refractivity (Wildman–Crippen MR) is 324 cm³/mol. The number of amides is 1. The van der Waals surface area contributed by atoms with Crippen molar-refractivity contribution in [3.63, 3.8) is 0 Å². The normalized spacial score (nSPS) is 13.4. The Kier molecular flexibility index (Phi) is 21.8. The van der Waals surface area contributed by atoms with E-state index >= 15 is 0 Å². The number of aromatic nitrogens is 4.